The molecule has 3 atom stereocenters. The van der Waals surface area contributed by atoms with Gasteiger partial charge in [0.1, 0.15) is 11.9 Å². The molecule has 3 heterocycles. The highest BCUT2D eigenvalue weighted by atomic mass is 16.2. The molecule has 0 aliphatic carbocycles. The topological polar surface area (TPSA) is 78.1 Å². The summed E-state index contributed by atoms with van der Waals surface area (Å²) in [6.07, 6.45) is 6.05. The molecule has 1 aromatic carbocycles. The van der Waals surface area contributed by atoms with Gasteiger partial charge in [-0.25, -0.2) is 14.6 Å². The van der Waals surface area contributed by atoms with Crippen LogP contribution in [0.5, 0.6) is 0 Å². The van der Waals surface area contributed by atoms with Gasteiger partial charge >= 0.3 is 11.9 Å². The van der Waals surface area contributed by atoms with Gasteiger partial charge in [0.2, 0.25) is 0 Å². The molecule has 2 fully saturated rings. The quantitative estimate of drug-likeness (QED) is 0.714. The van der Waals surface area contributed by atoms with E-state index in [2.05, 4.69) is 27.2 Å². The first-order valence-electron chi connectivity index (χ1n) is 11.3. The van der Waals surface area contributed by atoms with Crippen molar-refractivity contribution in [1.29, 1.82) is 0 Å². The fourth-order valence-corrected chi connectivity index (χ4v) is 5.24. The van der Waals surface area contributed by atoms with E-state index in [9.17, 15) is 9.59 Å². The third kappa shape index (κ3) is 4.01. The molecule has 7 nitrogen and oxygen atoms in total. The summed E-state index contributed by atoms with van der Waals surface area (Å²) in [5.41, 5.74) is 1.89. The van der Waals surface area contributed by atoms with Crippen LogP contribution in [0.25, 0.3) is 11.0 Å². The van der Waals surface area contributed by atoms with Crippen molar-refractivity contribution in [3.05, 3.63) is 30.1 Å². The number of carbonyl (C=O) groups is 2. The van der Waals surface area contributed by atoms with Crippen molar-refractivity contribution in [2.45, 2.75) is 64.0 Å². The van der Waals surface area contributed by atoms with E-state index in [4.69, 9.17) is 0 Å². The number of H-pyrrole nitrogens is 1. The SMILES string of the molecule is C[C@@H]1CCC[N+]1(C(=O)CCc1nc2ccccc2[nH]1)C(=O)NCCC1CCCN1C. The third-order valence-corrected chi connectivity index (χ3v) is 7.13. The normalized spacial score (nSPS) is 27.0. The lowest BCUT2D eigenvalue weighted by atomic mass is 10.1. The van der Waals surface area contributed by atoms with Crippen LogP contribution in [-0.4, -0.2) is 70.1 Å². The number of nitrogens with zero attached hydrogens (tertiary/aromatic N) is 3. The van der Waals surface area contributed by atoms with Crippen molar-refractivity contribution in [3.63, 3.8) is 0 Å². The summed E-state index contributed by atoms with van der Waals surface area (Å²) in [5, 5.41) is 3.11. The fourth-order valence-electron chi connectivity index (χ4n) is 5.24. The molecule has 2 unspecified atom stereocenters. The van der Waals surface area contributed by atoms with Crippen molar-refractivity contribution in [2.24, 2.45) is 0 Å². The smallest absolute Gasteiger partial charge is 0.342 e. The minimum Gasteiger partial charge on any atom is -0.342 e. The lowest BCUT2D eigenvalue weighted by Crippen LogP contribution is -2.62. The number of nitrogens with one attached hydrogen (secondary N) is 2. The molecule has 2 aromatic rings. The first kappa shape index (κ1) is 21.0. The summed E-state index contributed by atoms with van der Waals surface area (Å²) in [4.78, 5) is 36.8. The highest BCUT2D eigenvalue weighted by Gasteiger charge is 2.51. The number of likely N-dealkylation sites (tertiary alicyclic amines) is 2. The number of fused-ring (bicyclic) bond motifs is 1. The van der Waals surface area contributed by atoms with E-state index in [0.29, 0.717) is 32.0 Å². The molecule has 7 heteroatoms. The first-order chi connectivity index (χ1) is 14.5. The Balaban J connectivity index is 1.39. The molecule has 2 aliphatic heterocycles. The van der Waals surface area contributed by atoms with Crippen LogP contribution < -0.4 is 5.32 Å². The molecule has 0 spiro atoms. The molecule has 30 heavy (non-hydrogen) atoms. The van der Waals surface area contributed by atoms with Crippen molar-refractivity contribution in [3.8, 4) is 0 Å². The van der Waals surface area contributed by atoms with Crippen LogP contribution in [0.1, 0.15) is 51.3 Å². The monoisotopic (exact) mass is 412 g/mol. The molecule has 2 aliphatic rings. The Morgan fingerprint density at radius 3 is 2.80 bits per heavy atom. The standard InChI is InChI=1S/C23H33N5O2/c1-17-7-6-16-28(17,23(30)24-14-13-18-8-5-15-27(18)2)22(29)12-11-21-25-19-9-3-4-10-20(19)26-21/h3-4,9-10,17-18H,5-8,11-16H2,1-2H3,(H-,24,25,26,30)/p+1/t17-,18?,28?/m1/s1. The Bertz CT molecular complexity index is 877. The maximum Gasteiger partial charge on any atom is 0.424 e. The molecule has 3 amide bonds. The summed E-state index contributed by atoms with van der Waals surface area (Å²) in [6.45, 7) is 4.42. The second kappa shape index (κ2) is 8.86. The zero-order chi connectivity index (χ0) is 21.1. The Kier molecular flexibility index (Phi) is 6.20. The summed E-state index contributed by atoms with van der Waals surface area (Å²) in [6, 6.07) is 8.33. The predicted octanol–water partition coefficient (Wildman–Crippen LogP) is 3.22. The van der Waals surface area contributed by atoms with Gasteiger partial charge in [-0.15, -0.1) is 0 Å². The zero-order valence-electron chi connectivity index (χ0n) is 18.2. The minimum absolute atomic E-state index is 0.0101. The van der Waals surface area contributed by atoms with Gasteiger partial charge in [0, 0.05) is 31.8 Å². The van der Waals surface area contributed by atoms with Crippen LogP contribution >= 0.6 is 0 Å². The number of aryl methyl sites for hydroxylation is 1. The van der Waals surface area contributed by atoms with Gasteiger partial charge in [-0.1, -0.05) is 12.1 Å². The van der Waals surface area contributed by atoms with Gasteiger partial charge in [-0.3, -0.25) is 0 Å². The van der Waals surface area contributed by atoms with Crippen molar-refractivity contribution < 1.29 is 14.1 Å². The van der Waals surface area contributed by atoms with Gasteiger partial charge in [0.25, 0.3) is 0 Å². The van der Waals surface area contributed by atoms with E-state index in [1.807, 2.05) is 31.2 Å². The largest absolute Gasteiger partial charge is 0.424 e. The maximum atomic E-state index is 13.3. The molecule has 0 bridgehead atoms. The second-order valence-electron chi connectivity index (χ2n) is 8.98. The van der Waals surface area contributed by atoms with Crippen LogP contribution in [0.15, 0.2) is 24.3 Å². The van der Waals surface area contributed by atoms with Crippen molar-refractivity contribution in [1.82, 2.24) is 20.2 Å². The molecule has 2 N–H and O–H groups in total. The summed E-state index contributed by atoms with van der Waals surface area (Å²) in [7, 11) is 2.15. The lowest BCUT2D eigenvalue weighted by molar-refractivity contribution is -0.785. The van der Waals surface area contributed by atoms with E-state index in [1.165, 1.54) is 12.8 Å². The summed E-state index contributed by atoms with van der Waals surface area (Å²) < 4.78 is -0.0548. The maximum absolute atomic E-state index is 13.3. The van der Waals surface area contributed by atoms with Gasteiger partial charge in [0.15, 0.2) is 0 Å². The van der Waals surface area contributed by atoms with E-state index >= 15 is 0 Å². The number of aromatic nitrogens is 2. The number of imidazole rings is 1. The number of imide groups is 1. The number of benzene rings is 1. The molecular formula is C23H34N5O2+. The molecule has 162 valence electrons. The van der Waals surface area contributed by atoms with Gasteiger partial charge in [-0.2, -0.15) is 4.48 Å². The number of urea groups is 1. The zero-order valence-corrected chi connectivity index (χ0v) is 18.2. The molecule has 2 saturated heterocycles. The third-order valence-electron chi connectivity index (χ3n) is 7.13. The van der Waals surface area contributed by atoms with Gasteiger partial charge in [-0.05, 0) is 51.9 Å². The summed E-state index contributed by atoms with van der Waals surface area (Å²) >= 11 is 0. The minimum atomic E-state index is -0.116. The average molecular weight is 413 g/mol. The number of hydrogen-bond acceptors (Lipinski definition) is 4. The Morgan fingerprint density at radius 2 is 2.10 bits per heavy atom. The molecular weight excluding hydrogens is 378 g/mol. The number of para-hydroxylation sites is 2. The molecule has 0 saturated carbocycles. The van der Waals surface area contributed by atoms with E-state index in [1.54, 1.807) is 0 Å². The highest BCUT2D eigenvalue weighted by Crippen LogP contribution is 2.29. The van der Waals surface area contributed by atoms with E-state index < -0.39 is 0 Å². The van der Waals surface area contributed by atoms with E-state index in [-0.39, 0.29) is 22.5 Å². The van der Waals surface area contributed by atoms with Crippen molar-refractivity contribution >= 4 is 23.0 Å². The Hall–Kier alpha value is -2.25. The Morgan fingerprint density at radius 1 is 1.27 bits per heavy atom. The van der Waals surface area contributed by atoms with Gasteiger partial charge < -0.3 is 15.2 Å². The lowest BCUT2D eigenvalue weighted by Gasteiger charge is -2.33. The van der Waals surface area contributed by atoms with Crippen LogP contribution in [0.4, 0.5) is 4.79 Å². The van der Waals surface area contributed by atoms with Crippen LogP contribution in [0, 0.1) is 0 Å². The van der Waals surface area contributed by atoms with Crippen LogP contribution in [-0.2, 0) is 11.2 Å². The number of hydrogen-bond donors (Lipinski definition) is 2. The number of carbonyl (C=O) groups excluding carboxylic acids is 2. The van der Waals surface area contributed by atoms with Gasteiger partial charge in [0.05, 0.1) is 24.0 Å². The molecule has 4 rings (SSSR count). The average Bonchev–Trinajstić information content (AvgIpc) is 3.44. The highest BCUT2D eigenvalue weighted by molar-refractivity contribution is 5.84. The molecule has 0 radical (unpaired) electrons. The van der Waals surface area contributed by atoms with E-state index in [0.717, 1.165) is 42.7 Å². The van der Waals surface area contributed by atoms with Crippen LogP contribution in [0.2, 0.25) is 0 Å². The Labute approximate surface area is 178 Å². The predicted molar refractivity (Wildman–Crippen MR) is 117 cm³/mol. The molecule has 1 aromatic heterocycles. The summed E-state index contributed by atoms with van der Waals surface area (Å²) in [5.74, 6) is 0.815. The number of quaternary nitrogens is 1. The number of rotatable bonds is 6. The first-order valence-corrected chi connectivity index (χ1v) is 11.3. The number of aromatic amines is 1. The second-order valence-corrected chi connectivity index (χ2v) is 8.98. The van der Waals surface area contributed by atoms with Crippen LogP contribution in [0.3, 0.4) is 0 Å². The number of amides is 3. The van der Waals surface area contributed by atoms with Crippen molar-refractivity contribution in [2.75, 3.05) is 26.7 Å². The fraction of sp³-hybridized carbons (Fsp3) is 0.609.